The molecule has 0 radical (unpaired) electrons. The molecule has 8 atom stereocenters. The Labute approximate surface area is 198 Å². The summed E-state index contributed by atoms with van der Waals surface area (Å²) in [6.45, 7) is 20.7. The summed E-state index contributed by atoms with van der Waals surface area (Å²) < 4.78 is 16.3. The summed E-state index contributed by atoms with van der Waals surface area (Å²) in [4.78, 5) is 30.3. The number of fused-ring (bicyclic) bond motifs is 7. The Morgan fingerprint density at radius 2 is 1.67 bits per heavy atom. The first-order valence-corrected chi connectivity index (χ1v) is 12.8. The van der Waals surface area contributed by atoms with Crippen molar-refractivity contribution >= 4 is 11.6 Å². The molecule has 0 N–H and O–H groups in total. The van der Waals surface area contributed by atoms with Gasteiger partial charge in [0.15, 0.2) is 11.6 Å². The van der Waals surface area contributed by atoms with Crippen molar-refractivity contribution in [1.29, 1.82) is 0 Å². The van der Waals surface area contributed by atoms with Gasteiger partial charge in [0, 0.05) is 23.2 Å². The van der Waals surface area contributed by atoms with Crippen LogP contribution >= 0.6 is 0 Å². The smallest absolute Gasteiger partial charge is 0.226 e. The summed E-state index contributed by atoms with van der Waals surface area (Å²) in [5.41, 5.74) is -0.916. The molecule has 0 saturated heterocycles. The van der Waals surface area contributed by atoms with Crippen LogP contribution in [-0.4, -0.2) is 17.2 Å². The van der Waals surface area contributed by atoms with Gasteiger partial charge in [-0.15, -0.1) is 0 Å². The number of carbonyl (C=O) groups is 2. The average Bonchev–Trinajstić information content (AvgIpc) is 2.74. The van der Waals surface area contributed by atoms with Crippen molar-refractivity contribution in [2.75, 3.05) is 0 Å². The van der Waals surface area contributed by atoms with E-state index in [1.165, 1.54) is 0 Å². The van der Waals surface area contributed by atoms with Crippen LogP contribution in [0.3, 0.4) is 0 Å². The van der Waals surface area contributed by atoms with Gasteiger partial charge in [-0.05, 0) is 73.2 Å². The number of hydrogen-bond acceptors (Lipinski definition) is 2. The van der Waals surface area contributed by atoms with Gasteiger partial charge in [-0.25, -0.2) is 9.24 Å². The molecule has 0 aromatic rings. The molecule has 0 aromatic carbocycles. The highest BCUT2D eigenvalue weighted by Crippen LogP contribution is 2.72. The lowest BCUT2D eigenvalue weighted by Gasteiger charge is -2.67. The number of hydrogen-bond donors (Lipinski definition) is 0. The van der Waals surface area contributed by atoms with Crippen molar-refractivity contribution in [3.05, 3.63) is 34.8 Å². The maximum atomic E-state index is 16.3. The molecule has 0 amide bonds. The van der Waals surface area contributed by atoms with Crippen LogP contribution in [0.4, 0.5) is 4.39 Å². The number of allylic oxidation sites excluding steroid dienone is 4. The minimum atomic E-state index is -1.24. The molecule has 5 rings (SSSR count). The van der Waals surface area contributed by atoms with Crippen LogP contribution in [0.15, 0.2) is 23.4 Å². The topological polar surface area (TPSA) is 38.5 Å². The molecule has 4 heteroatoms. The molecule has 5 aliphatic rings. The highest BCUT2D eigenvalue weighted by molar-refractivity contribution is 6.01. The van der Waals surface area contributed by atoms with Crippen LogP contribution < -0.4 is 0 Å². The number of nitrogens with zero attached hydrogens (tertiary/aromatic N) is 1. The Kier molecular flexibility index (Phi) is 4.65. The molecule has 3 fully saturated rings. The van der Waals surface area contributed by atoms with Crippen LogP contribution in [0, 0.1) is 51.9 Å². The van der Waals surface area contributed by atoms with E-state index in [9.17, 15) is 9.59 Å². The van der Waals surface area contributed by atoms with Gasteiger partial charge >= 0.3 is 0 Å². The van der Waals surface area contributed by atoms with Crippen molar-refractivity contribution in [2.24, 2.45) is 45.3 Å². The number of ketones is 2. The molecule has 3 nitrogen and oxygen atoms in total. The van der Waals surface area contributed by atoms with Gasteiger partial charge in [-0.1, -0.05) is 53.2 Å². The Hall–Kier alpha value is -1.76. The van der Waals surface area contributed by atoms with Gasteiger partial charge in [0.05, 0.1) is 6.57 Å². The first-order chi connectivity index (χ1) is 15.2. The van der Waals surface area contributed by atoms with Crippen molar-refractivity contribution in [1.82, 2.24) is 0 Å². The fourth-order valence-electron chi connectivity index (χ4n) is 9.16. The Balaban J connectivity index is 1.68. The first kappa shape index (κ1) is 23.0. The zero-order valence-corrected chi connectivity index (χ0v) is 21.1. The van der Waals surface area contributed by atoms with Crippen molar-refractivity contribution in [3.8, 4) is 0 Å². The second-order valence-corrected chi connectivity index (χ2v) is 13.4. The zero-order chi connectivity index (χ0) is 24.2. The molecular weight excluding hydrogens is 413 g/mol. The fraction of sp³-hybridized carbons (Fsp3) is 0.759. The summed E-state index contributed by atoms with van der Waals surface area (Å²) >= 11 is 0. The lowest BCUT2D eigenvalue weighted by Crippen LogP contribution is -2.64. The van der Waals surface area contributed by atoms with Gasteiger partial charge in [-0.3, -0.25) is 4.79 Å². The molecule has 0 aromatic heterocycles. The average molecular weight is 452 g/mol. The van der Waals surface area contributed by atoms with Gasteiger partial charge in [0.2, 0.25) is 5.70 Å². The molecule has 3 saturated carbocycles. The molecule has 178 valence electrons. The molecular formula is C29H38FNO2. The third-order valence-electron chi connectivity index (χ3n) is 11.4. The number of rotatable bonds is 0. The summed E-state index contributed by atoms with van der Waals surface area (Å²) in [5.74, 6) is -0.629. The molecule has 0 aliphatic heterocycles. The lowest BCUT2D eigenvalue weighted by molar-refractivity contribution is -0.173. The summed E-state index contributed by atoms with van der Waals surface area (Å²) in [6, 6.07) is 0. The van der Waals surface area contributed by atoms with Crippen molar-refractivity contribution in [2.45, 2.75) is 92.2 Å². The van der Waals surface area contributed by atoms with Gasteiger partial charge in [0.1, 0.15) is 5.67 Å². The largest absolute Gasteiger partial charge is 0.308 e. The molecule has 0 bridgehead atoms. The molecule has 5 aliphatic carbocycles. The molecule has 33 heavy (non-hydrogen) atoms. The predicted octanol–water partition coefficient (Wildman–Crippen LogP) is 6.89. The van der Waals surface area contributed by atoms with Gasteiger partial charge in [-0.2, -0.15) is 0 Å². The van der Waals surface area contributed by atoms with E-state index in [2.05, 4.69) is 39.5 Å². The SMILES string of the molecule is [C-]#[N+]C1=C[C@]2(C)C3=CC(=O)[C@@H]4[C@@H]5CC(C)(C)CC[C@]5(F)CC[C@@]4(C)[C@]3(C)CC[C@H]2[C@H](C)C1=O. The molecule has 0 unspecified atom stereocenters. The maximum Gasteiger partial charge on any atom is 0.226 e. The quantitative estimate of drug-likeness (QED) is 0.376. The monoisotopic (exact) mass is 451 g/mol. The summed E-state index contributed by atoms with van der Waals surface area (Å²) in [6.07, 6.45) is 9.00. The fourth-order valence-corrected chi connectivity index (χ4v) is 9.16. The second-order valence-electron chi connectivity index (χ2n) is 13.4. The predicted molar refractivity (Wildman–Crippen MR) is 127 cm³/mol. The first-order valence-electron chi connectivity index (χ1n) is 12.8. The van der Waals surface area contributed by atoms with Crippen LogP contribution in [0.5, 0.6) is 0 Å². The number of carbonyl (C=O) groups excluding carboxylic acids is 2. The van der Waals surface area contributed by atoms with E-state index in [-0.39, 0.29) is 57.2 Å². The lowest BCUT2D eigenvalue weighted by atomic mass is 9.36. The third kappa shape index (κ3) is 2.77. The minimum absolute atomic E-state index is 0.0553. The number of alkyl halides is 1. The molecule has 0 heterocycles. The van der Waals surface area contributed by atoms with Crippen molar-refractivity contribution in [3.63, 3.8) is 0 Å². The minimum Gasteiger partial charge on any atom is -0.308 e. The van der Waals surface area contributed by atoms with E-state index in [0.29, 0.717) is 12.8 Å². The van der Waals surface area contributed by atoms with E-state index in [4.69, 9.17) is 6.57 Å². The van der Waals surface area contributed by atoms with Crippen LogP contribution in [0.2, 0.25) is 0 Å². The summed E-state index contributed by atoms with van der Waals surface area (Å²) in [7, 11) is 0. The van der Waals surface area contributed by atoms with Gasteiger partial charge in [0.25, 0.3) is 0 Å². The van der Waals surface area contributed by atoms with Crippen LogP contribution in [-0.2, 0) is 9.59 Å². The van der Waals surface area contributed by atoms with E-state index >= 15 is 4.39 Å². The normalized spacial score (nSPS) is 50.6. The Morgan fingerprint density at radius 1 is 1.00 bits per heavy atom. The van der Waals surface area contributed by atoms with Gasteiger partial charge < -0.3 is 4.79 Å². The number of halogens is 1. The third-order valence-corrected chi connectivity index (χ3v) is 11.4. The van der Waals surface area contributed by atoms with Crippen molar-refractivity contribution < 1.29 is 14.0 Å². The highest BCUT2D eigenvalue weighted by atomic mass is 19.1. The van der Waals surface area contributed by atoms with E-state index in [1.807, 2.05) is 19.1 Å². The Morgan fingerprint density at radius 3 is 2.33 bits per heavy atom. The maximum absolute atomic E-state index is 16.3. The Bertz CT molecular complexity index is 1050. The highest BCUT2D eigenvalue weighted by Gasteiger charge is 2.69. The second kappa shape index (κ2) is 6.67. The van der Waals surface area contributed by atoms with E-state index < -0.39 is 11.1 Å². The van der Waals surface area contributed by atoms with Crippen LogP contribution in [0.25, 0.3) is 4.85 Å². The standard InChI is InChI=1S/C29H38FNO2/c1-17-18-8-9-27(5)22(26(18,4)16-20(31-7)24(17)33)14-21(32)23-19-15-25(2,3)10-12-29(19,30)13-11-28(23,27)6/h14,16-19,23H,8-13,15H2,1-6H3/t17-,18-,19-,23-,26-,27+,28+,29-/m0/s1. The zero-order valence-electron chi connectivity index (χ0n) is 21.1. The molecule has 0 spiro atoms. The van der Waals surface area contributed by atoms with E-state index in [1.54, 1.807) is 0 Å². The summed E-state index contributed by atoms with van der Waals surface area (Å²) in [5, 5.41) is 0. The number of Topliss-reactive ketones (excluding diaryl/α,β-unsaturated/α-hetero) is 1. The van der Waals surface area contributed by atoms with E-state index in [0.717, 1.165) is 37.7 Å². The van der Waals surface area contributed by atoms with Crippen LogP contribution in [0.1, 0.15) is 86.5 Å².